The van der Waals surface area contributed by atoms with Gasteiger partial charge in [-0.1, -0.05) is 29.8 Å². The predicted octanol–water partition coefficient (Wildman–Crippen LogP) is 3.16. The molecule has 4 rings (SSSR count). The summed E-state index contributed by atoms with van der Waals surface area (Å²) < 4.78 is 5.41. The third-order valence-electron chi connectivity index (χ3n) is 3.97. The van der Waals surface area contributed by atoms with E-state index in [2.05, 4.69) is 39.7 Å². The average molecular weight is 379 g/mol. The van der Waals surface area contributed by atoms with Crippen LogP contribution >= 0.6 is 0 Å². The van der Waals surface area contributed by atoms with Gasteiger partial charge in [-0.2, -0.15) is 34.8 Å². The zero-order chi connectivity index (χ0) is 14.9. The Labute approximate surface area is 160 Å². The molecule has 0 atom stereocenters. The summed E-state index contributed by atoms with van der Waals surface area (Å²) in [5.41, 5.74) is 5.70. The maximum Gasteiger partial charge on any atom is 0.233 e. The summed E-state index contributed by atoms with van der Waals surface area (Å²) in [4.78, 5) is 4.53. The van der Waals surface area contributed by atoms with Crippen molar-refractivity contribution in [3.8, 4) is 22.8 Å². The van der Waals surface area contributed by atoms with Crippen LogP contribution in [-0.4, -0.2) is 16.7 Å². The van der Waals surface area contributed by atoms with Gasteiger partial charge in [-0.15, -0.1) is 0 Å². The topological polar surface area (TPSA) is 51.0 Å². The van der Waals surface area contributed by atoms with Crippen LogP contribution in [0.15, 0.2) is 40.9 Å². The van der Waals surface area contributed by atoms with Crippen LogP contribution in [-0.2, 0) is 45.7 Å². The van der Waals surface area contributed by atoms with Crippen LogP contribution in [0.4, 0.5) is 0 Å². The Bertz CT molecular complexity index is 829. The fourth-order valence-corrected chi connectivity index (χ4v) is 2.80. The third kappa shape index (κ3) is 3.44. The molecule has 23 heavy (non-hydrogen) atoms. The first-order valence-electron chi connectivity index (χ1n) is 7.45. The molecule has 1 radical (unpaired) electrons. The van der Waals surface area contributed by atoms with E-state index in [9.17, 15) is 0 Å². The van der Waals surface area contributed by atoms with E-state index in [1.165, 1.54) is 11.1 Å². The Kier molecular flexibility index (Phi) is 5.05. The second-order valence-electron chi connectivity index (χ2n) is 5.59. The van der Waals surface area contributed by atoms with Gasteiger partial charge in [-0.3, -0.25) is 0 Å². The number of nitrogens with one attached hydrogen (secondary N) is 1. The molecule has 2 heterocycles. The minimum Gasteiger partial charge on any atom is -0.336 e. The van der Waals surface area contributed by atoms with E-state index in [0.717, 1.165) is 36.2 Å². The van der Waals surface area contributed by atoms with Crippen molar-refractivity contribution >= 4 is 0 Å². The van der Waals surface area contributed by atoms with Crippen molar-refractivity contribution in [2.24, 2.45) is 0 Å². The molecule has 5 heteroatoms. The Morgan fingerprint density at radius 3 is 2.91 bits per heavy atom. The van der Waals surface area contributed by atoms with Crippen LogP contribution in [0.2, 0.25) is 0 Å². The molecule has 0 unspecified atom stereocenters. The maximum atomic E-state index is 5.41. The Morgan fingerprint density at radius 2 is 2.04 bits per heavy atom. The third-order valence-corrected chi connectivity index (χ3v) is 3.97. The summed E-state index contributed by atoms with van der Waals surface area (Å²) in [7, 11) is 0. The first-order chi connectivity index (χ1) is 10.8. The summed E-state index contributed by atoms with van der Waals surface area (Å²) in [6.45, 7) is 3.95. The molecule has 1 aliphatic rings. The number of hydrogen-bond donors (Lipinski definition) is 1. The number of nitrogens with zero attached hydrogens (tertiary/aromatic N) is 2. The van der Waals surface area contributed by atoms with Gasteiger partial charge in [0.05, 0.1) is 0 Å². The zero-order valence-electron chi connectivity index (χ0n) is 13.0. The number of aryl methyl sites for hydroxylation is 1. The molecule has 3 aromatic rings. The van der Waals surface area contributed by atoms with Crippen LogP contribution < -0.4 is 5.32 Å². The van der Waals surface area contributed by atoms with Gasteiger partial charge in [0.15, 0.2) is 0 Å². The normalized spacial score (nSPS) is 13.3. The summed E-state index contributed by atoms with van der Waals surface area (Å²) >= 11 is 0. The van der Waals surface area contributed by atoms with Gasteiger partial charge in [-0.05, 0) is 30.2 Å². The van der Waals surface area contributed by atoms with Crippen molar-refractivity contribution in [3.05, 3.63) is 59.2 Å². The molecule has 1 aliphatic heterocycles. The van der Waals surface area contributed by atoms with Crippen molar-refractivity contribution in [2.45, 2.75) is 19.9 Å². The molecule has 0 saturated carbocycles. The van der Waals surface area contributed by atoms with Gasteiger partial charge in [0, 0.05) is 44.8 Å². The number of benzene rings is 2. The smallest absolute Gasteiger partial charge is 0.233 e. The summed E-state index contributed by atoms with van der Waals surface area (Å²) in [6, 6.07) is 15.3. The Morgan fingerprint density at radius 1 is 1.13 bits per heavy atom. The molecular weight excluding hydrogens is 363 g/mol. The molecule has 2 aromatic carbocycles. The molecule has 1 aromatic heterocycles. The van der Waals surface area contributed by atoms with Gasteiger partial charge >= 0.3 is 0 Å². The fraction of sp³-hybridized carbons (Fsp3) is 0.222. The molecule has 0 spiro atoms. The van der Waals surface area contributed by atoms with E-state index in [4.69, 9.17) is 4.52 Å². The van der Waals surface area contributed by atoms with Crippen LogP contribution in [0.3, 0.4) is 0 Å². The fourth-order valence-electron chi connectivity index (χ4n) is 2.80. The SMILES string of the molecule is Cc1[c-]ccc(-c2nc(-c3ccc4c(c3)CNCC4)no2)c1.[Y]. The molecule has 0 aliphatic carbocycles. The second kappa shape index (κ2) is 7.04. The molecule has 0 fully saturated rings. The predicted molar refractivity (Wildman–Crippen MR) is 84.2 cm³/mol. The Hall–Kier alpha value is -1.36. The molecule has 113 valence electrons. The first-order valence-corrected chi connectivity index (χ1v) is 7.45. The van der Waals surface area contributed by atoms with Gasteiger partial charge < -0.3 is 9.84 Å². The van der Waals surface area contributed by atoms with Crippen molar-refractivity contribution in [1.82, 2.24) is 15.5 Å². The Balaban J connectivity index is 0.00000156. The molecule has 0 amide bonds. The quantitative estimate of drug-likeness (QED) is 0.695. The van der Waals surface area contributed by atoms with Gasteiger partial charge in [-0.25, -0.2) is 0 Å². The van der Waals surface area contributed by atoms with E-state index < -0.39 is 0 Å². The molecule has 1 N–H and O–H groups in total. The zero-order valence-corrected chi connectivity index (χ0v) is 15.8. The number of fused-ring (bicyclic) bond motifs is 1. The average Bonchev–Trinajstić information content (AvgIpc) is 3.04. The van der Waals surface area contributed by atoms with E-state index in [-0.39, 0.29) is 32.7 Å². The first kappa shape index (κ1) is 16.5. The minimum atomic E-state index is 0. The van der Waals surface area contributed by atoms with Crippen LogP contribution in [0, 0.1) is 13.0 Å². The van der Waals surface area contributed by atoms with Gasteiger partial charge in [0.25, 0.3) is 0 Å². The van der Waals surface area contributed by atoms with E-state index in [0.29, 0.717) is 11.7 Å². The second-order valence-corrected chi connectivity index (χ2v) is 5.59. The molecular formula is C18H16N3OY-. The van der Waals surface area contributed by atoms with Crippen molar-refractivity contribution in [3.63, 3.8) is 0 Å². The van der Waals surface area contributed by atoms with Gasteiger partial charge in [0.2, 0.25) is 11.7 Å². The van der Waals surface area contributed by atoms with E-state index in [1.807, 2.05) is 25.1 Å². The van der Waals surface area contributed by atoms with Crippen molar-refractivity contribution in [1.29, 1.82) is 0 Å². The van der Waals surface area contributed by atoms with E-state index in [1.54, 1.807) is 0 Å². The number of aromatic nitrogens is 2. The largest absolute Gasteiger partial charge is 0.336 e. The van der Waals surface area contributed by atoms with Crippen LogP contribution in [0.25, 0.3) is 22.8 Å². The minimum absolute atomic E-state index is 0. The molecule has 4 nitrogen and oxygen atoms in total. The molecule has 0 bridgehead atoms. The summed E-state index contributed by atoms with van der Waals surface area (Å²) in [5.74, 6) is 1.18. The van der Waals surface area contributed by atoms with Gasteiger partial charge in [0.1, 0.15) is 0 Å². The monoisotopic (exact) mass is 379 g/mol. The molecule has 0 saturated heterocycles. The van der Waals surface area contributed by atoms with Crippen molar-refractivity contribution < 1.29 is 37.2 Å². The van der Waals surface area contributed by atoms with Crippen molar-refractivity contribution in [2.75, 3.05) is 6.54 Å². The summed E-state index contributed by atoms with van der Waals surface area (Å²) in [6.07, 6.45) is 1.08. The van der Waals surface area contributed by atoms with Crippen LogP contribution in [0.1, 0.15) is 16.7 Å². The maximum absolute atomic E-state index is 5.41. The van der Waals surface area contributed by atoms with Crippen LogP contribution in [0.5, 0.6) is 0 Å². The van der Waals surface area contributed by atoms with E-state index >= 15 is 0 Å². The number of hydrogen-bond acceptors (Lipinski definition) is 4. The number of rotatable bonds is 2. The summed E-state index contributed by atoms with van der Waals surface area (Å²) in [5, 5.41) is 7.51. The standard InChI is InChI=1S/C18H16N3O.Y/c1-12-3-2-4-15(9-12)18-20-17(21-22-18)14-6-5-13-7-8-19-11-16(13)10-14;/h2,4-6,9-10,19H,7-8,11H2,1H3;/q-1;.